The third-order valence-corrected chi connectivity index (χ3v) is 4.89. The molecule has 1 unspecified atom stereocenters. The van der Waals surface area contributed by atoms with Crippen LogP contribution in [0.2, 0.25) is 0 Å². The average Bonchev–Trinajstić information content (AvgIpc) is 3.51. The Kier molecular flexibility index (Phi) is 9.50. The summed E-state index contributed by atoms with van der Waals surface area (Å²) in [5.41, 5.74) is 0.860. The van der Waals surface area contributed by atoms with E-state index in [1.54, 1.807) is 20.2 Å². The number of hydrogen-bond acceptors (Lipinski definition) is 4. The molecule has 0 spiro atoms. The second kappa shape index (κ2) is 11.9. The molecule has 0 aromatic heterocycles. The SMILES string of the molecule is CN=C(NCCCN(C)CCOC)NC(C)c1ccc(OCC2CC2)c(F)c1. The summed E-state index contributed by atoms with van der Waals surface area (Å²) in [5.74, 6) is 1.34. The molecule has 7 heteroatoms. The summed E-state index contributed by atoms with van der Waals surface area (Å²) < 4.78 is 24.9. The molecule has 2 rings (SSSR count). The molecule has 28 heavy (non-hydrogen) atoms. The first-order valence-electron chi connectivity index (χ1n) is 10.1. The number of halogens is 1. The Labute approximate surface area is 168 Å². The minimum Gasteiger partial charge on any atom is -0.490 e. The molecule has 1 fully saturated rings. The predicted octanol–water partition coefficient (Wildman–Crippen LogP) is 2.81. The molecule has 2 N–H and O–H groups in total. The van der Waals surface area contributed by atoms with Crippen LogP contribution in [0.5, 0.6) is 5.75 Å². The van der Waals surface area contributed by atoms with Gasteiger partial charge >= 0.3 is 0 Å². The largest absolute Gasteiger partial charge is 0.490 e. The molecule has 1 aromatic rings. The van der Waals surface area contributed by atoms with Crippen LogP contribution >= 0.6 is 0 Å². The van der Waals surface area contributed by atoms with Gasteiger partial charge in [-0.1, -0.05) is 6.07 Å². The number of hydrogen-bond donors (Lipinski definition) is 2. The van der Waals surface area contributed by atoms with Gasteiger partial charge in [-0.15, -0.1) is 0 Å². The molecule has 6 nitrogen and oxygen atoms in total. The summed E-state index contributed by atoms with van der Waals surface area (Å²) >= 11 is 0. The normalized spacial score (nSPS) is 15.6. The van der Waals surface area contributed by atoms with Gasteiger partial charge in [0.15, 0.2) is 17.5 Å². The van der Waals surface area contributed by atoms with Crippen molar-refractivity contribution in [2.24, 2.45) is 10.9 Å². The number of guanidine groups is 1. The van der Waals surface area contributed by atoms with Gasteiger partial charge in [0.25, 0.3) is 0 Å². The number of aliphatic imine (C=N–C) groups is 1. The van der Waals surface area contributed by atoms with E-state index in [1.807, 2.05) is 13.0 Å². The first-order valence-corrected chi connectivity index (χ1v) is 10.1. The third-order valence-electron chi connectivity index (χ3n) is 4.89. The van der Waals surface area contributed by atoms with Gasteiger partial charge in [0.05, 0.1) is 19.3 Å². The predicted molar refractivity (Wildman–Crippen MR) is 112 cm³/mol. The van der Waals surface area contributed by atoms with Crippen molar-refractivity contribution in [3.8, 4) is 5.75 Å². The maximum atomic E-state index is 14.3. The molecule has 0 saturated heterocycles. The second-order valence-electron chi connectivity index (χ2n) is 7.46. The Bertz CT molecular complexity index is 622. The quantitative estimate of drug-likeness (QED) is 0.324. The number of nitrogens with one attached hydrogen (secondary N) is 2. The highest BCUT2D eigenvalue weighted by Gasteiger charge is 2.22. The lowest BCUT2D eigenvalue weighted by Crippen LogP contribution is -2.40. The molecule has 0 amide bonds. The van der Waals surface area contributed by atoms with E-state index in [2.05, 4.69) is 27.6 Å². The fraction of sp³-hybridized carbons (Fsp3) is 0.667. The van der Waals surface area contributed by atoms with Crippen LogP contribution in [-0.2, 0) is 4.74 Å². The van der Waals surface area contributed by atoms with Crippen LogP contribution in [0.15, 0.2) is 23.2 Å². The minimum absolute atomic E-state index is 0.0671. The van der Waals surface area contributed by atoms with Crippen molar-refractivity contribution in [1.29, 1.82) is 0 Å². The Balaban J connectivity index is 1.74. The van der Waals surface area contributed by atoms with Crippen molar-refractivity contribution < 1.29 is 13.9 Å². The molecule has 0 heterocycles. The average molecular weight is 395 g/mol. The molecular weight excluding hydrogens is 359 g/mol. The topological polar surface area (TPSA) is 58.1 Å². The van der Waals surface area contributed by atoms with Crippen LogP contribution in [0, 0.1) is 11.7 Å². The zero-order chi connectivity index (χ0) is 20.4. The van der Waals surface area contributed by atoms with Crippen molar-refractivity contribution >= 4 is 5.96 Å². The molecule has 0 aliphatic heterocycles. The molecular formula is C21H35FN4O2. The van der Waals surface area contributed by atoms with E-state index in [-0.39, 0.29) is 11.9 Å². The van der Waals surface area contributed by atoms with Crippen LogP contribution in [-0.4, -0.2) is 64.9 Å². The van der Waals surface area contributed by atoms with Gasteiger partial charge in [0, 0.05) is 27.2 Å². The fourth-order valence-corrected chi connectivity index (χ4v) is 2.79. The fourth-order valence-electron chi connectivity index (χ4n) is 2.79. The number of rotatable bonds is 12. The molecule has 0 radical (unpaired) electrons. The summed E-state index contributed by atoms with van der Waals surface area (Å²) in [6, 6.07) is 5.10. The van der Waals surface area contributed by atoms with Crippen molar-refractivity contribution in [1.82, 2.24) is 15.5 Å². The first-order chi connectivity index (χ1) is 13.5. The van der Waals surface area contributed by atoms with Gasteiger partial charge in [-0.05, 0) is 63.4 Å². The van der Waals surface area contributed by atoms with E-state index in [1.165, 1.54) is 18.9 Å². The van der Waals surface area contributed by atoms with E-state index in [4.69, 9.17) is 9.47 Å². The van der Waals surface area contributed by atoms with Crippen molar-refractivity contribution in [3.05, 3.63) is 29.6 Å². The van der Waals surface area contributed by atoms with Gasteiger partial charge in [-0.25, -0.2) is 4.39 Å². The van der Waals surface area contributed by atoms with E-state index >= 15 is 0 Å². The summed E-state index contributed by atoms with van der Waals surface area (Å²) in [5, 5.41) is 6.62. The van der Waals surface area contributed by atoms with Gasteiger partial charge < -0.3 is 25.0 Å². The van der Waals surface area contributed by atoms with Crippen LogP contribution in [0.4, 0.5) is 4.39 Å². The Morgan fingerprint density at radius 3 is 2.79 bits per heavy atom. The number of likely N-dealkylation sites (N-methyl/N-ethyl adjacent to an activating group) is 1. The van der Waals surface area contributed by atoms with E-state index in [0.717, 1.165) is 38.2 Å². The molecule has 1 aliphatic carbocycles. The number of benzene rings is 1. The van der Waals surface area contributed by atoms with Gasteiger partial charge in [0.1, 0.15) is 0 Å². The van der Waals surface area contributed by atoms with Crippen LogP contribution < -0.4 is 15.4 Å². The summed E-state index contributed by atoms with van der Waals surface area (Å²) in [6.45, 7) is 6.06. The Morgan fingerprint density at radius 1 is 1.36 bits per heavy atom. The summed E-state index contributed by atoms with van der Waals surface area (Å²) in [6.07, 6.45) is 3.38. The smallest absolute Gasteiger partial charge is 0.191 e. The lowest BCUT2D eigenvalue weighted by atomic mass is 10.1. The number of nitrogens with zero attached hydrogens (tertiary/aromatic N) is 2. The molecule has 1 aromatic carbocycles. The minimum atomic E-state index is -0.311. The standard InChI is InChI=1S/C21H35FN4O2/c1-16(18-8-9-20(19(22)14-18)28-15-17-6-7-17)25-21(23-2)24-10-5-11-26(3)12-13-27-4/h8-9,14,16-17H,5-7,10-13,15H2,1-4H3,(H2,23,24,25). The highest BCUT2D eigenvalue weighted by Crippen LogP contribution is 2.30. The van der Waals surface area contributed by atoms with Crippen LogP contribution in [0.25, 0.3) is 0 Å². The van der Waals surface area contributed by atoms with E-state index in [0.29, 0.717) is 24.2 Å². The van der Waals surface area contributed by atoms with Crippen LogP contribution in [0.1, 0.15) is 37.8 Å². The van der Waals surface area contributed by atoms with Gasteiger partial charge in [0.2, 0.25) is 0 Å². The van der Waals surface area contributed by atoms with E-state index in [9.17, 15) is 4.39 Å². The van der Waals surface area contributed by atoms with Crippen LogP contribution in [0.3, 0.4) is 0 Å². The number of methoxy groups -OCH3 is 1. The number of ether oxygens (including phenoxy) is 2. The highest BCUT2D eigenvalue weighted by atomic mass is 19.1. The van der Waals surface area contributed by atoms with Gasteiger partial charge in [-0.2, -0.15) is 0 Å². The summed E-state index contributed by atoms with van der Waals surface area (Å²) in [7, 11) is 5.54. The zero-order valence-electron chi connectivity index (χ0n) is 17.6. The third kappa shape index (κ3) is 8.02. The van der Waals surface area contributed by atoms with Gasteiger partial charge in [-0.3, -0.25) is 4.99 Å². The molecule has 1 saturated carbocycles. The molecule has 0 bridgehead atoms. The Morgan fingerprint density at radius 2 is 2.14 bits per heavy atom. The molecule has 1 atom stereocenters. The lowest BCUT2D eigenvalue weighted by Gasteiger charge is -2.20. The zero-order valence-corrected chi connectivity index (χ0v) is 17.6. The molecule has 158 valence electrons. The van der Waals surface area contributed by atoms with Crippen molar-refractivity contribution in [2.75, 3.05) is 54.1 Å². The van der Waals surface area contributed by atoms with E-state index < -0.39 is 0 Å². The maximum Gasteiger partial charge on any atom is 0.191 e. The van der Waals surface area contributed by atoms with Crippen molar-refractivity contribution in [2.45, 2.75) is 32.2 Å². The second-order valence-corrected chi connectivity index (χ2v) is 7.46. The molecule has 1 aliphatic rings. The lowest BCUT2D eigenvalue weighted by molar-refractivity contribution is 0.161. The monoisotopic (exact) mass is 394 g/mol. The maximum absolute atomic E-state index is 14.3. The summed E-state index contributed by atoms with van der Waals surface area (Å²) in [4.78, 5) is 6.49. The Hall–Kier alpha value is -1.86. The van der Waals surface area contributed by atoms with Crippen molar-refractivity contribution in [3.63, 3.8) is 0 Å². The first kappa shape index (κ1) is 22.4. The highest BCUT2D eigenvalue weighted by molar-refractivity contribution is 5.80.